The molecule has 0 aromatic heterocycles. The Morgan fingerprint density at radius 1 is 1.06 bits per heavy atom. The highest BCUT2D eigenvalue weighted by molar-refractivity contribution is 5.92. The second-order valence-corrected chi connectivity index (χ2v) is 9.62. The maximum Gasteiger partial charge on any atom is 0.264 e. The van der Waals surface area contributed by atoms with Crippen molar-refractivity contribution in [2.75, 3.05) is 6.61 Å². The fraction of sp³-hybridized carbons (Fsp3) is 0.680. The van der Waals surface area contributed by atoms with Gasteiger partial charge < -0.3 is 25.6 Å². The molecule has 0 bridgehead atoms. The normalized spacial score (nSPS) is 22.7. The van der Waals surface area contributed by atoms with E-state index in [9.17, 15) is 19.8 Å². The molecule has 0 radical (unpaired) electrons. The van der Waals surface area contributed by atoms with Crippen molar-refractivity contribution in [2.24, 2.45) is 0 Å². The summed E-state index contributed by atoms with van der Waals surface area (Å²) in [6, 6.07) is -0.928. The Kier molecular flexibility index (Phi) is 7.70. The molecule has 2 amide bonds. The van der Waals surface area contributed by atoms with Crippen LogP contribution in [0.25, 0.3) is 0 Å². The van der Waals surface area contributed by atoms with Gasteiger partial charge in [0, 0.05) is 18.0 Å². The van der Waals surface area contributed by atoms with Crippen LogP contribution in [0.15, 0.2) is 0 Å². The maximum absolute atomic E-state index is 13.2. The standard InChI is InChI=1S/C25H38N2O5/c1-15-16(2)22-19(17(3)21(15)29)12-13-25(4,32-22)24(31)27-20(14-28)23(30)26-18-10-8-6-5-7-9-11-18/h18,20,28-29H,5-14H2,1-4H3,(H,26,30)(H,27,31). The fourth-order valence-corrected chi connectivity index (χ4v) is 4.81. The van der Waals surface area contributed by atoms with Gasteiger partial charge in [0.15, 0.2) is 5.60 Å². The van der Waals surface area contributed by atoms with Crippen LogP contribution in [0.5, 0.6) is 11.5 Å². The number of phenolic OH excluding ortho intramolecular Hbond substituents is 1. The van der Waals surface area contributed by atoms with Gasteiger partial charge in [-0.25, -0.2) is 0 Å². The lowest BCUT2D eigenvalue weighted by molar-refractivity contribution is -0.141. The van der Waals surface area contributed by atoms with Gasteiger partial charge in [0.2, 0.25) is 5.91 Å². The number of fused-ring (bicyclic) bond motifs is 1. The molecular formula is C25H38N2O5. The molecule has 1 aliphatic carbocycles. The number of amides is 2. The van der Waals surface area contributed by atoms with Crippen molar-refractivity contribution in [3.05, 3.63) is 22.3 Å². The van der Waals surface area contributed by atoms with Crippen LogP contribution in [0.2, 0.25) is 0 Å². The summed E-state index contributed by atoms with van der Waals surface area (Å²) in [5.41, 5.74) is 2.07. The first kappa shape index (κ1) is 24.4. The average molecular weight is 447 g/mol. The van der Waals surface area contributed by atoms with Crippen molar-refractivity contribution in [1.82, 2.24) is 10.6 Å². The summed E-state index contributed by atoms with van der Waals surface area (Å²) in [6.07, 6.45) is 8.63. The van der Waals surface area contributed by atoms with E-state index in [2.05, 4.69) is 10.6 Å². The number of carbonyl (C=O) groups excluding carboxylic acids is 2. The molecule has 1 aliphatic heterocycles. The van der Waals surface area contributed by atoms with Crippen LogP contribution in [-0.4, -0.2) is 46.3 Å². The van der Waals surface area contributed by atoms with Crippen LogP contribution in [0.4, 0.5) is 0 Å². The summed E-state index contributed by atoms with van der Waals surface area (Å²) in [6.45, 7) is 6.80. The van der Waals surface area contributed by atoms with Gasteiger partial charge in [-0.3, -0.25) is 9.59 Å². The molecule has 4 N–H and O–H groups in total. The summed E-state index contributed by atoms with van der Waals surface area (Å²) in [4.78, 5) is 26.0. The molecule has 2 aliphatic rings. The van der Waals surface area contributed by atoms with Crippen molar-refractivity contribution < 1.29 is 24.5 Å². The van der Waals surface area contributed by atoms with Gasteiger partial charge in [-0.1, -0.05) is 32.1 Å². The molecule has 1 aromatic carbocycles. The molecule has 7 nitrogen and oxygen atoms in total. The Balaban J connectivity index is 1.69. The molecule has 1 aromatic rings. The fourth-order valence-electron chi connectivity index (χ4n) is 4.81. The van der Waals surface area contributed by atoms with E-state index in [1.807, 2.05) is 20.8 Å². The third kappa shape index (κ3) is 5.03. The number of ether oxygens (including phenoxy) is 1. The highest BCUT2D eigenvalue weighted by Gasteiger charge is 2.42. The third-order valence-corrected chi connectivity index (χ3v) is 7.26. The molecule has 2 atom stereocenters. The summed E-state index contributed by atoms with van der Waals surface area (Å²) < 4.78 is 6.20. The number of nitrogens with one attached hydrogen (secondary N) is 2. The lowest BCUT2D eigenvalue weighted by atomic mass is 9.86. The minimum Gasteiger partial charge on any atom is -0.507 e. The van der Waals surface area contributed by atoms with E-state index in [1.54, 1.807) is 6.92 Å². The van der Waals surface area contributed by atoms with Crippen LogP contribution >= 0.6 is 0 Å². The Hall–Kier alpha value is -2.28. The molecular weight excluding hydrogens is 408 g/mol. The predicted molar refractivity (Wildman–Crippen MR) is 123 cm³/mol. The molecule has 32 heavy (non-hydrogen) atoms. The molecule has 1 fully saturated rings. The van der Waals surface area contributed by atoms with Gasteiger partial charge in [0.1, 0.15) is 17.5 Å². The van der Waals surface area contributed by atoms with Crippen LogP contribution in [0, 0.1) is 20.8 Å². The second-order valence-electron chi connectivity index (χ2n) is 9.62. The highest BCUT2D eigenvalue weighted by atomic mass is 16.5. The Morgan fingerprint density at radius 2 is 1.69 bits per heavy atom. The van der Waals surface area contributed by atoms with E-state index < -0.39 is 24.2 Å². The van der Waals surface area contributed by atoms with E-state index in [-0.39, 0.29) is 17.7 Å². The first-order valence-electron chi connectivity index (χ1n) is 11.9. The van der Waals surface area contributed by atoms with Crippen molar-refractivity contribution in [3.8, 4) is 11.5 Å². The van der Waals surface area contributed by atoms with Gasteiger partial charge in [0.05, 0.1) is 6.61 Å². The van der Waals surface area contributed by atoms with Crippen LogP contribution in [0.3, 0.4) is 0 Å². The summed E-state index contributed by atoms with van der Waals surface area (Å²) in [5.74, 6) is 0.127. The highest BCUT2D eigenvalue weighted by Crippen LogP contribution is 2.43. The summed E-state index contributed by atoms with van der Waals surface area (Å²) >= 11 is 0. The minimum absolute atomic E-state index is 0.0865. The maximum atomic E-state index is 13.2. The molecule has 2 unspecified atom stereocenters. The molecule has 0 saturated heterocycles. The topological polar surface area (TPSA) is 108 Å². The molecule has 0 spiro atoms. The number of aliphatic hydroxyl groups is 1. The molecule has 3 rings (SSSR count). The summed E-state index contributed by atoms with van der Waals surface area (Å²) in [7, 11) is 0. The van der Waals surface area contributed by atoms with E-state index in [1.165, 1.54) is 19.3 Å². The number of benzene rings is 1. The molecule has 7 heteroatoms. The van der Waals surface area contributed by atoms with E-state index in [4.69, 9.17) is 4.74 Å². The van der Waals surface area contributed by atoms with Crippen LogP contribution in [0.1, 0.15) is 80.5 Å². The first-order chi connectivity index (χ1) is 15.2. The van der Waals surface area contributed by atoms with Crippen molar-refractivity contribution in [2.45, 2.75) is 103 Å². The van der Waals surface area contributed by atoms with Gasteiger partial charge in [0.25, 0.3) is 5.91 Å². The lowest BCUT2D eigenvalue weighted by Crippen LogP contribution is -2.58. The van der Waals surface area contributed by atoms with Crippen LogP contribution in [-0.2, 0) is 16.0 Å². The summed E-state index contributed by atoms with van der Waals surface area (Å²) in [5, 5.41) is 25.9. The SMILES string of the molecule is Cc1c(C)c2c(c(C)c1O)CCC(C)(C(=O)NC(CO)C(=O)NC1CCCCCCC1)O2. The lowest BCUT2D eigenvalue weighted by Gasteiger charge is -2.37. The molecule has 1 heterocycles. The quantitative estimate of drug-likeness (QED) is 0.556. The molecule has 178 valence electrons. The first-order valence-corrected chi connectivity index (χ1v) is 11.9. The average Bonchev–Trinajstić information content (AvgIpc) is 2.75. The Bertz CT molecular complexity index is 861. The van der Waals surface area contributed by atoms with Gasteiger partial charge in [-0.15, -0.1) is 0 Å². The zero-order chi connectivity index (χ0) is 23.5. The van der Waals surface area contributed by atoms with Crippen molar-refractivity contribution in [3.63, 3.8) is 0 Å². The monoisotopic (exact) mass is 446 g/mol. The number of phenols is 1. The minimum atomic E-state index is -1.17. The number of aliphatic hydroxyl groups excluding tert-OH is 1. The Labute approximate surface area is 190 Å². The van der Waals surface area contributed by atoms with Gasteiger partial charge >= 0.3 is 0 Å². The number of rotatable bonds is 5. The molecule has 1 saturated carbocycles. The third-order valence-electron chi connectivity index (χ3n) is 7.26. The van der Waals surface area contributed by atoms with Crippen LogP contribution < -0.4 is 15.4 Å². The van der Waals surface area contributed by atoms with E-state index in [0.717, 1.165) is 47.9 Å². The number of carbonyl (C=O) groups is 2. The van der Waals surface area contributed by atoms with Gasteiger partial charge in [-0.2, -0.15) is 0 Å². The zero-order valence-corrected chi connectivity index (χ0v) is 19.8. The predicted octanol–water partition coefficient (Wildman–Crippen LogP) is 3.11. The zero-order valence-electron chi connectivity index (χ0n) is 19.8. The van der Waals surface area contributed by atoms with Gasteiger partial charge in [-0.05, 0) is 63.6 Å². The van der Waals surface area contributed by atoms with Crippen molar-refractivity contribution >= 4 is 11.8 Å². The number of aromatic hydroxyl groups is 1. The Morgan fingerprint density at radius 3 is 2.31 bits per heavy atom. The largest absolute Gasteiger partial charge is 0.507 e. The van der Waals surface area contributed by atoms with Crippen molar-refractivity contribution in [1.29, 1.82) is 0 Å². The smallest absolute Gasteiger partial charge is 0.264 e. The van der Waals surface area contributed by atoms with E-state index in [0.29, 0.717) is 18.6 Å². The number of hydrogen-bond donors (Lipinski definition) is 4. The second kappa shape index (κ2) is 10.1. The van der Waals surface area contributed by atoms with E-state index >= 15 is 0 Å². The number of hydrogen-bond acceptors (Lipinski definition) is 5.